The van der Waals surface area contributed by atoms with E-state index in [1.165, 1.54) is 18.4 Å². The molecule has 4 heteroatoms. The van der Waals surface area contributed by atoms with Crippen LogP contribution in [0.4, 0.5) is 0 Å². The Labute approximate surface area is 122 Å². The second kappa shape index (κ2) is 7.60. The smallest absolute Gasteiger partial charge is 0.212 e. The van der Waals surface area contributed by atoms with Gasteiger partial charge in [-0.1, -0.05) is 19.9 Å². The Morgan fingerprint density at radius 1 is 1.45 bits per heavy atom. The lowest BCUT2D eigenvalue weighted by atomic mass is 9.93. The second-order valence-electron chi connectivity index (χ2n) is 5.77. The third-order valence-electron chi connectivity index (χ3n) is 4.06. The van der Waals surface area contributed by atoms with E-state index < -0.39 is 0 Å². The highest BCUT2D eigenvalue weighted by molar-refractivity contribution is 5.17. The van der Waals surface area contributed by atoms with E-state index in [1.54, 1.807) is 7.11 Å². The number of aromatic nitrogens is 1. The highest BCUT2D eigenvalue weighted by Crippen LogP contribution is 2.19. The van der Waals surface area contributed by atoms with E-state index >= 15 is 0 Å². The number of piperidine rings is 1. The Morgan fingerprint density at radius 3 is 2.90 bits per heavy atom. The minimum absolute atomic E-state index is 0.681. The van der Waals surface area contributed by atoms with Crippen molar-refractivity contribution >= 4 is 0 Å². The highest BCUT2D eigenvalue weighted by Gasteiger charge is 2.25. The maximum absolute atomic E-state index is 5.09. The highest BCUT2D eigenvalue weighted by atomic mass is 16.5. The van der Waals surface area contributed by atoms with Crippen LogP contribution in [0.5, 0.6) is 5.88 Å². The Hall–Kier alpha value is -1.13. The summed E-state index contributed by atoms with van der Waals surface area (Å²) in [6, 6.07) is 4.73. The van der Waals surface area contributed by atoms with Crippen molar-refractivity contribution < 1.29 is 4.74 Å². The molecule has 4 nitrogen and oxygen atoms in total. The van der Waals surface area contributed by atoms with Crippen LogP contribution in [0.1, 0.15) is 32.3 Å². The summed E-state index contributed by atoms with van der Waals surface area (Å²) in [5, 5.41) is 3.66. The molecule has 1 aromatic heterocycles. The quantitative estimate of drug-likeness (QED) is 0.866. The Morgan fingerprint density at radius 2 is 2.30 bits per heavy atom. The summed E-state index contributed by atoms with van der Waals surface area (Å²) in [6.45, 7) is 9.03. The SMILES string of the molecule is CCCNC1CCN(Cc2ccc(OC)nc2)CC1C. The molecule has 0 bridgehead atoms. The molecular formula is C16H27N3O. The van der Waals surface area contributed by atoms with E-state index in [0.717, 1.165) is 26.2 Å². The second-order valence-corrected chi connectivity index (χ2v) is 5.77. The predicted molar refractivity (Wildman–Crippen MR) is 81.9 cm³/mol. The normalized spacial score (nSPS) is 23.8. The van der Waals surface area contributed by atoms with Crippen molar-refractivity contribution in [2.24, 2.45) is 5.92 Å². The molecule has 2 heterocycles. The Kier molecular flexibility index (Phi) is 5.80. The molecule has 2 rings (SSSR count). The third-order valence-corrected chi connectivity index (χ3v) is 4.06. The maximum Gasteiger partial charge on any atom is 0.212 e. The van der Waals surface area contributed by atoms with Crippen molar-refractivity contribution in [3.63, 3.8) is 0 Å². The molecule has 1 N–H and O–H groups in total. The predicted octanol–water partition coefficient (Wildman–Crippen LogP) is 2.30. The molecule has 1 aliphatic rings. The molecule has 0 aromatic carbocycles. The van der Waals surface area contributed by atoms with E-state index in [-0.39, 0.29) is 0 Å². The minimum atomic E-state index is 0.681. The van der Waals surface area contributed by atoms with Crippen LogP contribution in [0.2, 0.25) is 0 Å². The molecule has 1 aliphatic heterocycles. The van der Waals surface area contributed by atoms with E-state index in [1.807, 2.05) is 12.3 Å². The number of hydrogen-bond acceptors (Lipinski definition) is 4. The fourth-order valence-corrected chi connectivity index (χ4v) is 2.89. The van der Waals surface area contributed by atoms with Crippen LogP contribution < -0.4 is 10.1 Å². The van der Waals surface area contributed by atoms with Gasteiger partial charge in [0.05, 0.1) is 7.11 Å². The van der Waals surface area contributed by atoms with Crippen molar-refractivity contribution in [3.8, 4) is 5.88 Å². The first-order valence-electron chi connectivity index (χ1n) is 7.67. The number of nitrogens with one attached hydrogen (secondary N) is 1. The van der Waals surface area contributed by atoms with Crippen LogP contribution in [-0.4, -0.2) is 42.7 Å². The summed E-state index contributed by atoms with van der Waals surface area (Å²) in [7, 11) is 1.65. The lowest BCUT2D eigenvalue weighted by Crippen LogP contribution is -2.48. The summed E-state index contributed by atoms with van der Waals surface area (Å²) in [4.78, 5) is 6.80. The van der Waals surface area contributed by atoms with Crippen LogP contribution >= 0.6 is 0 Å². The van der Waals surface area contributed by atoms with E-state index in [4.69, 9.17) is 4.74 Å². The molecule has 112 valence electrons. The molecule has 20 heavy (non-hydrogen) atoms. The van der Waals surface area contributed by atoms with Gasteiger partial charge in [0.15, 0.2) is 0 Å². The average Bonchev–Trinajstić information content (AvgIpc) is 2.47. The lowest BCUT2D eigenvalue weighted by molar-refractivity contribution is 0.141. The molecule has 1 saturated heterocycles. The van der Waals surface area contributed by atoms with Crippen molar-refractivity contribution in [3.05, 3.63) is 23.9 Å². The Bertz CT molecular complexity index is 393. The number of nitrogens with zero attached hydrogens (tertiary/aromatic N) is 2. The maximum atomic E-state index is 5.09. The van der Waals surface area contributed by atoms with Crippen LogP contribution in [0.3, 0.4) is 0 Å². The molecule has 0 spiro atoms. The first kappa shape index (κ1) is 15.3. The van der Waals surface area contributed by atoms with Gasteiger partial charge < -0.3 is 10.1 Å². The molecule has 1 aromatic rings. The van der Waals surface area contributed by atoms with Gasteiger partial charge in [-0.2, -0.15) is 0 Å². The molecule has 0 amide bonds. The van der Waals surface area contributed by atoms with Gasteiger partial charge in [-0.05, 0) is 37.4 Å². The molecule has 2 atom stereocenters. The summed E-state index contributed by atoms with van der Waals surface area (Å²) < 4.78 is 5.09. The van der Waals surface area contributed by atoms with Gasteiger partial charge in [-0.3, -0.25) is 4.90 Å². The number of likely N-dealkylation sites (tertiary alicyclic amines) is 1. The molecule has 2 unspecified atom stereocenters. The van der Waals surface area contributed by atoms with Gasteiger partial charge in [-0.15, -0.1) is 0 Å². The van der Waals surface area contributed by atoms with E-state index in [9.17, 15) is 0 Å². The topological polar surface area (TPSA) is 37.4 Å². The summed E-state index contributed by atoms with van der Waals surface area (Å²) in [5.74, 6) is 1.39. The summed E-state index contributed by atoms with van der Waals surface area (Å²) in [6.07, 6.45) is 4.38. The zero-order chi connectivity index (χ0) is 14.4. The number of pyridine rings is 1. The zero-order valence-corrected chi connectivity index (χ0v) is 12.9. The van der Waals surface area contributed by atoms with Gasteiger partial charge in [0.2, 0.25) is 5.88 Å². The standard InChI is InChI=1S/C16H27N3O/c1-4-8-17-15-7-9-19(11-13(15)2)12-14-5-6-16(20-3)18-10-14/h5-6,10,13,15,17H,4,7-9,11-12H2,1-3H3. The van der Waals surface area contributed by atoms with Gasteiger partial charge >= 0.3 is 0 Å². The largest absolute Gasteiger partial charge is 0.481 e. The van der Waals surface area contributed by atoms with E-state index in [2.05, 4.69) is 35.1 Å². The Balaban J connectivity index is 1.82. The van der Waals surface area contributed by atoms with Crippen LogP contribution in [0.25, 0.3) is 0 Å². The number of methoxy groups -OCH3 is 1. The minimum Gasteiger partial charge on any atom is -0.481 e. The first-order chi connectivity index (χ1) is 9.72. The van der Waals surface area contributed by atoms with Crippen LogP contribution in [0.15, 0.2) is 18.3 Å². The molecule has 0 radical (unpaired) electrons. The average molecular weight is 277 g/mol. The van der Waals surface area contributed by atoms with Gasteiger partial charge in [0.25, 0.3) is 0 Å². The molecule has 0 aliphatic carbocycles. The van der Waals surface area contributed by atoms with Gasteiger partial charge in [0.1, 0.15) is 0 Å². The fraction of sp³-hybridized carbons (Fsp3) is 0.688. The van der Waals surface area contributed by atoms with Crippen LogP contribution in [-0.2, 0) is 6.54 Å². The van der Waals surface area contributed by atoms with Crippen molar-refractivity contribution in [1.82, 2.24) is 15.2 Å². The van der Waals surface area contributed by atoms with Crippen molar-refractivity contribution in [2.75, 3.05) is 26.7 Å². The molecule has 1 fully saturated rings. The zero-order valence-electron chi connectivity index (χ0n) is 12.9. The van der Waals surface area contributed by atoms with Crippen LogP contribution in [0, 0.1) is 5.92 Å². The first-order valence-corrected chi connectivity index (χ1v) is 7.67. The summed E-state index contributed by atoms with van der Waals surface area (Å²) in [5.41, 5.74) is 1.26. The number of ether oxygens (including phenoxy) is 1. The van der Waals surface area contributed by atoms with Gasteiger partial charge in [0, 0.05) is 31.4 Å². The van der Waals surface area contributed by atoms with Gasteiger partial charge in [-0.25, -0.2) is 4.98 Å². The lowest BCUT2D eigenvalue weighted by Gasteiger charge is -2.37. The van der Waals surface area contributed by atoms with Crippen molar-refractivity contribution in [1.29, 1.82) is 0 Å². The number of hydrogen-bond donors (Lipinski definition) is 1. The molecule has 0 saturated carbocycles. The van der Waals surface area contributed by atoms with E-state index in [0.29, 0.717) is 17.8 Å². The monoisotopic (exact) mass is 277 g/mol. The summed E-state index contributed by atoms with van der Waals surface area (Å²) >= 11 is 0. The van der Waals surface area contributed by atoms with Crippen molar-refractivity contribution in [2.45, 2.75) is 39.3 Å². The number of rotatable bonds is 6. The molecular weight excluding hydrogens is 250 g/mol. The third kappa shape index (κ3) is 4.18. The fourth-order valence-electron chi connectivity index (χ4n) is 2.89.